The maximum absolute atomic E-state index is 9.72. The average molecular weight is 138 g/mol. The van der Waals surface area contributed by atoms with Gasteiger partial charge >= 0.3 is 6.20 Å². The molecule has 0 spiro atoms. The molecule has 0 aliphatic carbocycles. The van der Waals surface area contributed by atoms with E-state index in [4.69, 9.17) is 16.7 Å². The lowest BCUT2D eigenvalue weighted by Gasteiger charge is -2.05. The second-order valence-corrected chi connectivity index (χ2v) is 1.31. The number of aliphatic hydroxyl groups excluding tert-OH is 2. The Morgan fingerprint density at radius 3 is 2.33 bits per heavy atom. The predicted molar refractivity (Wildman–Crippen MR) is 26.1 cm³/mol. The van der Waals surface area contributed by atoms with Gasteiger partial charge in [-0.1, -0.05) is 0 Å². The topological polar surface area (TPSA) is 104 Å². The Balaban J connectivity index is 4.23. The van der Waals surface area contributed by atoms with Gasteiger partial charge in [0, 0.05) is 0 Å². The fourth-order valence-electron chi connectivity index (χ4n) is 0.203. The molecule has 0 aromatic rings. The van der Waals surface area contributed by atoms with E-state index in [1.807, 2.05) is 0 Å². The number of nitro groups is 1. The minimum Gasteiger partial charge on any atom is -0.393 e. The van der Waals surface area contributed by atoms with Crippen LogP contribution < -0.4 is 0 Å². The van der Waals surface area contributed by atoms with Crippen LogP contribution in [0.4, 0.5) is 0 Å². The van der Waals surface area contributed by atoms with Gasteiger partial charge in [-0.3, -0.25) is 10.1 Å². The molecule has 0 amide bonds. The van der Waals surface area contributed by atoms with Gasteiger partial charge in [-0.05, 0) is 0 Å². The third-order valence-electron chi connectivity index (χ3n) is 0.658. The molecule has 2 unspecified atom stereocenters. The highest BCUT2D eigenvalue weighted by atomic mass is 16.7. The van der Waals surface area contributed by atoms with E-state index in [0.717, 1.165) is 0 Å². The Kier molecular flexibility index (Phi) is 2.37. The Morgan fingerprint density at radius 2 is 2.22 bits per heavy atom. The number of nitrogens with zero attached hydrogens (tertiary/aromatic N) is 1. The van der Waals surface area contributed by atoms with Gasteiger partial charge in [0.1, 0.15) is 0 Å². The molecule has 0 rings (SSSR count). The molecule has 0 heterocycles. The average Bonchev–Trinajstić information content (AvgIpc) is 1.86. The van der Waals surface area contributed by atoms with E-state index in [2.05, 4.69) is 0 Å². The Bertz CT molecular complexity index is 137. The third-order valence-corrected chi connectivity index (χ3v) is 0.658. The summed E-state index contributed by atoms with van der Waals surface area (Å²) in [6.07, 6.45) is -5.29. The summed E-state index contributed by atoms with van der Waals surface area (Å²) in [6.45, 7) is -1.03. The largest absolute Gasteiger partial charge is 0.393 e. The van der Waals surface area contributed by atoms with Crippen LogP contribution >= 0.6 is 0 Å². The van der Waals surface area contributed by atoms with Crippen LogP contribution in [0.15, 0.2) is 0 Å². The summed E-state index contributed by atoms with van der Waals surface area (Å²) in [5, 5.41) is 34.6. The number of hydrogen-bond acceptors (Lipinski definition) is 5. The highest BCUT2D eigenvalue weighted by molar-refractivity contribution is 4.52. The van der Waals surface area contributed by atoms with Crippen LogP contribution in [0.5, 0.6) is 0 Å². The molecule has 0 radical (unpaired) electrons. The van der Waals surface area contributed by atoms with Crippen LogP contribution in [0, 0.1) is 10.1 Å². The molecule has 0 aromatic carbocycles. The first-order valence-corrected chi connectivity index (χ1v) is 2.08. The van der Waals surface area contributed by atoms with Gasteiger partial charge in [0.15, 0.2) is 7.47 Å². The molecule has 6 nitrogen and oxygen atoms in total. The van der Waals surface area contributed by atoms with Gasteiger partial charge in [-0.2, -0.15) is 0 Å². The minimum absolute atomic E-state index is 1.03. The van der Waals surface area contributed by atoms with Crippen LogP contribution in [0.3, 0.4) is 0 Å². The van der Waals surface area contributed by atoms with Crippen molar-refractivity contribution in [2.75, 3.05) is 6.61 Å². The number of aliphatic hydroxyl groups is 3. The van der Waals surface area contributed by atoms with Gasteiger partial charge in [0.25, 0.3) is 0 Å². The SMILES string of the molecule is [2H]C(O)(C(O)CO)[N+](=O)[O-]. The van der Waals surface area contributed by atoms with E-state index < -0.39 is 23.8 Å². The lowest BCUT2D eigenvalue weighted by atomic mass is 10.3. The molecule has 0 bridgehead atoms. The molecule has 0 fully saturated rings. The molecule has 0 aromatic heterocycles. The first-order valence-electron chi connectivity index (χ1n) is 2.58. The van der Waals surface area contributed by atoms with Crippen molar-refractivity contribution in [2.24, 2.45) is 0 Å². The van der Waals surface area contributed by atoms with Crippen molar-refractivity contribution in [2.45, 2.75) is 12.3 Å². The predicted octanol–water partition coefficient (Wildman–Crippen LogP) is -2.07. The van der Waals surface area contributed by atoms with E-state index in [-0.39, 0.29) is 0 Å². The lowest BCUT2D eigenvalue weighted by molar-refractivity contribution is -0.583. The Morgan fingerprint density at radius 1 is 1.78 bits per heavy atom. The highest BCUT2D eigenvalue weighted by Gasteiger charge is 2.25. The van der Waals surface area contributed by atoms with E-state index in [0.29, 0.717) is 0 Å². The van der Waals surface area contributed by atoms with E-state index in [1.54, 1.807) is 0 Å². The Labute approximate surface area is 51.9 Å². The molecular formula is C3H7NO5. The summed E-state index contributed by atoms with van der Waals surface area (Å²) < 4.78 is 6.43. The zero-order valence-electron chi connectivity index (χ0n) is 5.39. The highest BCUT2D eigenvalue weighted by Crippen LogP contribution is 1.91. The summed E-state index contributed by atoms with van der Waals surface area (Å²) in [5.74, 6) is 0. The van der Waals surface area contributed by atoms with Crippen molar-refractivity contribution in [3.8, 4) is 0 Å². The molecule has 2 atom stereocenters. The summed E-state index contributed by atoms with van der Waals surface area (Å²) in [6, 6.07) is 0. The minimum atomic E-state index is -3.21. The van der Waals surface area contributed by atoms with Crippen molar-refractivity contribution >= 4 is 0 Å². The summed E-state index contributed by atoms with van der Waals surface area (Å²) in [7, 11) is 0. The summed E-state index contributed by atoms with van der Waals surface area (Å²) in [5.41, 5.74) is 0. The first-order chi connectivity index (χ1) is 4.42. The third kappa shape index (κ3) is 2.36. The second-order valence-electron chi connectivity index (χ2n) is 1.31. The molecule has 0 saturated heterocycles. The smallest absolute Gasteiger partial charge is 0.341 e. The van der Waals surface area contributed by atoms with E-state index in [9.17, 15) is 10.1 Å². The van der Waals surface area contributed by atoms with Crippen molar-refractivity contribution in [1.82, 2.24) is 0 Å². The lowest BCUT2D eigenvalue weighted by Crippen LogP contribution is -2.35. The number of rotatable bonds is 3. The van der Waals surface area contributed by atoms with Crippen LogP contribution in [-0.2, 0) is 0 Å². The van der Waals surface area contributed by atoms with Crippen LogP contribution in [0.25, 0.3) is 0 Å². The van der Waals surface area contributed by atoms with E-state index >= 15 is 0 Å². The normalized spacial score (nSPS) is 21.9. The van der Waals surface area contributed by atoms with Crippen LogP contribution in [0.2, 0.25) is 0 Å². The van der Waals surface area contributed by atoms with Crippen LogP contribution in [-0.4, -0.2) is 39.2 Å². The van der Waals surface area contributed by atoms with Crippen molar-refractivity contribution in [3.05, 3.63) is 10.1 Å². The van der Waals surface area contributed by atoms with Gasteiger partial charge in [0.2, 0.25) is 0 Å². The summed E-state index contributed by atoms with van der Waals surface area (Å²) >= 11 is 0. The van der Waals surface area contributed by atoms with Crippen molar-refractivity contribution in [1.29, 1.82) is 0 Å². The fraction of sp³-hybridized carbons (Fsp3) is 1.00. The first kappa shape index (κ1) is 6.40. The van der Waals surface area contributed by atoms with Gasteiger partial charge in [0.05, 0.1) is 11.5 Å². The van der Waals surface area contributed by atoms with E-state index in [1.165, 1.54) is 0 Å². The molecule has 9 heavy (non-hydrogen) atoms. The van der Waals surface area contributed by atoms with Gasteiger partial charge < -0.3 is 15.3 Å². The molecule has 6 heteroatoms. The van der Waals surface area contributed by atoms with Crippen molar-refractivity contribution in [3.63, 3.8) is 0 Å². The second kappa shape index (κ2) is 3.33. The number of hydrogen-bond donors (Lipinski definition) is 3. The Hall–Kier alpha value is -0.720. The maximum atomic E-state index is 9.72. The quantitative estimate of drug-likeness (QED) is 0.236. The zero-order chi connectivity index (χ0) is 8.36. The molecular weight excluding hydrogens is 130 g/mol. The fourth-order valence-corrected chi connectivity index (χ4v) is 0.203. The molecule has 0 aliphatic rings. The monoisotopic (exact) mass is 138 g/mol. The van der Waals surface area contributed by atoms with Gasteiger partial charge in [-0.15, -0.1) is 0 Å². The zero-order valence-corrected chi connectivity index (χ0v) is 4.39. The molecule has 0 aliphatic heterocycles. The van der Waals surface area contributed by atoms with Crippen LogP contribution in [0.1, 0.15) is 1.37 Å². The van der Waals surface area contributed by atoms with Gasteiger partial charge in [-0.25, -0.2) is 0 Å². The summed E-state index contributed by atoms with van der Waals surface area (Å²) in [4.78, 5) is 8.32. The molecule has 3 N–H and O–H groups in total. The standard InChI is InChI=1S/C3H7NO5/c5-1-2(6)3(7)4(8)9/h2-3,5-7H,1H2/i3D. The molecule has 54 valence electrons. The van der Waals surface area contributed by atoms with Crippen molar-refractivity contribution < 1.29 is 21.6 Å². The maximum Gasteiger partial charge on any atom is 0.341 e. The molecule has 0 saturated carbocycles.